The Labute approximate surface area is 121 Å². The fraction of sp³-hybridized carbons (Fsp3) is 0.500. The van der Waals surface area contributed by atoms with Crippen molar-refractivity contribution in [2.75, 3.05) is 11.5 Å². The quantitative estimate of drug-likeness (QED) is 0.744. The maximum Gasteiger partial charge on any atom is 0.237 e. The Kier molecular flexibility index (Phi) is 5.14. The highest BCUT2D eigenvalue weighted by molar-refractivity contribution is 7.85. The van der Waals surface area contributed by atoms with Gasteiger partial charge in [-0.2, -0.15) is 0 Å². The molecule has 4 N–H and O–H groups in total. The maximum atomic E-state index is 12.0. The Morgan fingerprint density at radius 3 is 2.55 bits per heavy atom. The van der Waals surface area contributed by atoms with E-state index in [1.165, 1.54) is 0 Å². The van der Waals surface area contributed by atoms with E-state index >= 15 is 0 Å². The summed E-state index contributed by atoms with van der Waals surface area (Å²) >= 11 is 0. The molecule has 110 valence electrons. The second-order valence-electron chi connectivity index (χ2n) is 5.11. The van der Waals surface area contributed by atoms with Crippen molar-refractivity contribution in [2.24, 2.45) is 5.73 Å². The third-order valence-electron chi connectivity index (χ3n) is 3.46. The van der Waals surface area contributed by atoms with Gasteiger partial charge in [-0.1, -0.05) is 12.1 Å². The van der Waals surface area contributed by atoms with Gasteiger partial charge in [-0.05, 0) is 37.0 Å². The lowest BCUT2D eigenvalue weighted by molar-refractivity contribution is -0.123. The molecule has 1 unspecified atom stereocenters. The summed E-state index contributed by atoms with van der Waals surface area (Å²) in [5.74, 6) is 1.33. The van der Waals surface area contributed by atoms with E-state index < -0.39 is 16.8 Å². The number of benzene rings is 1. The number of hydrogen-bond donors (Lipinski definition) is 3. The van der Waals surface area contributed by atoms with Crippen molar-refractivity contribution in [1.29, 1.82) is 0 Å². The highest BCUT2D eigenvalue weighted by Crippen LogP contribution is 2.12. The normalized spacial score (nSPS) is 24.1. The fourth-order valence-corrected chi connectivity index (χ4v) is 3.52. The highest BCUT2D eigenvalue weighted by Gasteiger charge is 2.22. The third kappa shape index (κ3) is 4.31. The van der Waals surface area contributed by atoms with Gasteiger partial charge in [0.1, 0.15) is 5.75 Å². The molecule has 6 heteroatoms. The molecule has 1 heterocycles. The molecule has 5 nitrogen and oxygen atoms in total. The van der Waals surface area contributed by atoms with Crippen molar-refractivity contribution in [3.8, 4) is 5.75 Å². The smallest absolute Gasteiger partial charge is 0.237 e. The molecule has 1 amide bonds. The first-order valence-electron chi connectivity index (χ1n) is 6.73. The molecule has 20 heavy (non-hydrogen) atoms. The van der Waals surface area contributed by atoms with Gasteiger partial charge in [0, 0.05) is 28.3 Å². The fourth-order valence-electron chi connectivity index (χ4n) is 2.23. The SMILES string of the molecule is NC(Cc1ccc(O)cc1)C(=O)NC1CCS(=O)CC1. The summed E-state index contributed by atoms with van der Waals surface area (Å²) in [5.41, 5.74) is 6.81. The van der Waals surface area contributed by atoms with Crippen molar-refractivity contribution in [2.45, 2.75) is 31.3 Å². The van der Waals surface area contributed by atoms with E-state index in [9.17, 15) is 14.1 Å². The van der Waals surface area contributed by atoms with Crippen molar-refractivity contribution in [1.82, 2.24) is 5.32 Å². The average molecular weight is 296 g/mol. The van der Waals surface area contributed by atoms with Gasteiger partial charge in [0.25, 0.3) is 0 Å². The molecule has 0 spiro atoms. The summed E-state index contributed by atoms with van der Waals surface area (Å²) in [6.45, 7) is 0. The Morgan fingerprint density at radius 2 is 1.95 bits per heavy atom. The van der Waals surface area contributed by atoms with Crippen LogP contribution < -0.4 is 11.1 Å². The topological polar surface area (TPSA) is 92.4 Å². The lowest BCUT2D eigenvalue weighted by atomic mass is 10.0. The van der Waals surface area contributed by atoms with Gasteiger partial charge in [-0.25, -0.2) is 0 Å². The monoisotopic (exact) mass is 296 g/mol. The Balaban J connectivity index is 1.82. The molecule has 1 saturated heterocycles. The summed E-state index contributed by atoms with van der Waals surface area (Å²) in [7, 11) is -0.726. The van der Waals surface area contributed by atoms with E-state index in [0.717, 1.165) is 18.4 Å². The molecule has 0 saturated carbocycles. The van der Waals surface area contributed by atoms with Crippen LogP contribution in [-0.2, 0) is 22.0 Å². The molecular formula is C14H20N2O3S. The van der Waals surface area contributed by atoms with Gasteiger partial charge < -0.3 is 16.2 Å². The largest absolute Gasteiger partial charge is 0.508 e. The van der Waals surface area contributed by atoms with E-state index in [1.54, 1.807) is 24.3 Å². The molecule has 0 aromatic heterocycles. The molecule has 0 bridgehead atoms. The van der Waals surface area contributed by atoms with Crippen LogP contribution in [0.2, 0.25) is 0 Å². The van der Waals surface area contributed by atoms with E-state index in [1.807, 2.05) is 0 Å². The molecule has 1 aromatic rings. The van der Waals surface area contributed by atoms with E-state index in [4.69, 9.17) is 5.73 Å². The minimum Gasteiger partial charge on any atom is -0.508 e. The second kappa shape index (κ2) is 6.85. The number of carbonyl (C=O) groups is 1. The van der Waals surface area contributed by atoms with Crippen LogP contribution >= 0.6 is 0 Å². The van der Waals surface area contributed by atoms with Gasteiger partial charge in [0.05, 0.1) is 6.04 Å². The summed E-state index contributed by atoms with van der Waals surface area (Å²) in [4.78, 5) is 12.0. The number of nitrogens with one attached hydrogen (secondary N) is 1. The zero-order valence-corrected chi connectivity index (χ0v) is 12.1. The van der Waals surface area contributed by atoms with Crippen LogP contribution in [0.15, 0.2) is 24.3 Å². The molecule has 1 aliphatic heterocycles. The third-order valence-corrected chi connectivity index (χ3v) is 4.85. The molecule has 2 rings (SSSR count). The first-order valence-corrected chi connectivity index (χ1v) is 8.22. The Hall–Kier alpha value is -1.40. The van der Waals surface area contributed by atoms with Crippen LogP contribution in [-0.4, -0.2) is 38.8 Å². The highest BCUT2D eigenvalue weighted by atomic mass is 32.2. The van der Waals surface area contributed by atoms with Gasteiger partial charge in [-0.15, -0.1) is 0 Å². The van der Waals surface area contributed by atoms with Crippen LogP contribution in [0.3, 0.4) is 0 Å². The van der Waals surface area contributed by atoms with Gasteiger partial charge in [0.2, 0.25) is 5.91 Å². The van der Waals surface area contributed by atoms with E-state index in [0.29, 0.717) is 17.9 Å². The maximum absolute atomic E-state index is 12.0. The Morgan fingerprint density at radius 1 is 1.35 bits per heavy atom. The number of nitrogens with two attached hydrogens (primary N) is 1. The second-order valence-corrected chi connectivity index (χ2v) is 6.80. The minimum absolute atomic E-state index is 0.0890. The van der Waals surface area contributed by atoms with Crippen LogP contribution in [0.5, 0.6) is 5.75 Å². The van der Waals surface area contributed by atoms with Crippen LogP contribution in [0.25, 0.3) is 0 Å². The number of phenolic OH excluding ortho intramolecular Hbond substituents is 1. The van der Waals surface area contributed by atoms with Crippen molar-refractivity contribution >= 4 is 16.7 Å². The standard InChI is InChI=1S/C14H20N2O3S/c15-13(9-10-1-3-12(17)4-2-10)14(18)16-11-5-7-20(19)8-6-11/h1-4,11,13,17H,5-9,15H2,(H,16,18). The number of rotatable bonds is 4. The van der Waals surface area contributed by atoms with Gasteiger partial charge >= 0.3 is 0 Å². The number of amides is 1. The van der Waals surface area contributed by atoms with Crippen LogP contribution in [0, 0.1) is 0 Å². The van der Waals surface area contributed by atoms with E-state index in [2.05, 4.69) is 5.32 Å². The van der Waals surface area contributed by atoms with Crippen molar-refractivity contribution < 1.29 is 14.1 Å². The molecule has 1 aliphatic rings. The van der Waals surface area contributed by atoms with Crippen LogP contribution in [0.4, 0.5) is 0 Å². The molecule has 0 radical (unpaired) electrons. The molecule has 1 fully saturated rings. The lowest BCUT2D eigenvalue weighted by Crippen LogP contribution is -2.48. The van der Waals surface area contributed by atoms with E-state index in [-0.39, 0.29) is 17.7 Å². The lowest BCUT2D eigenvalue weighted by Gasteiger charge is -2.24. The Bertz CT molecular complexity index is 480. The first kappa shape index (κ1) is 15.0. The number of carbonyl (C=O) groups excluding carboxylic acids is 1. The summed E-state index contributed by atoms with van der Waals surface area (Å²) in [6.07, 6.45) is 1.94. The van der Waals surface area contributed by atoms with Gasteiger partial charge in [-0.3, -0.25) is 9.00 Å². The zero-order chi connectivity index (χ0) is 14.5. The summed E-state index contributed by atoms with van der Waals surface area (Å²) < 4.78 is 11.3. The first-order chi connectivity index (χ1) is 9.54. The minimum atomic E-state index is -0.726. The van der Waals surface area contributed by atoms with Crippen molar-refractivity contribution in [3.05, 3.63) is 29.8 Å². The van der Waals surface area contributed by atoms with Crippen molar-refractivity contribution in [3.63, 3.8) is 0 Å². The molecule has 1 atom stereocenters. The predicted molar refractivity (Wildman–Crippen MR) is 78.8 cm³/mol. The van der Waals surface area contributed by atoms with Crippen LogP contribution in [0.1, 0.15) is 18.4 Å². The predicted octanol–water partition coefficient (Wildman–Crippen LogP) is 0.289. The average Bonchev–Trinajstić information content (AvgIpc) is 2.44. The zero-order valence-electron chi connectivity index (χ0n) is 11.2. The molecular weight excluding hydrogens is 276 g/mol. The molecule has 0 aliphatic carbocycles. The summed E-state index contributed by atoms with van der Waals surface area (Å²) in [5, 5.41) is 12.1. The number of hydrogen-bond acceptors (Lipinski definition) is 4. The number of aromatic hydroxyl groups is 1. The van der Waals surface area contributed by atoms with Gasteiger partial charge in [0.15, 0.2) is 0 Å². The number of phenols is 1. The summed E-state index contributed by atoms with van der Waals surface area (Å²) in [6, 6.07) is 6.16. The molecule has 1 aromatic carbocycles.